The Morgan fingerprint density at radius 2 is 2.09 bits per heavy atom. The van der Waals surface area contributed by atoms with E-state index in [1.54, 1.807) is 6.08 Å². The molecule has 0 radical (unpaired) electrons. The van der Waals surface area contributed by atoms with E-state index in [-0.39, 0.29) is 6.10 Å². The summed E-state index contributed by atoms with van der Waals surface area (Å²) >= 11 is 0. The predicted octanol–water partition coefficient (Wildman–Crippen LogP) is 2.66. The van der Waals surface area contributed by atoms with Crippen molar-refractivity contribution in [3.63, 3.8) is 0 Å². The van der Waals surface area contributed by atoms with Gasteiger partial charge in [-0.1, -0.05) is 26.7 Å². The Morgan fingerprint density at radius 3 is 2.64 bits per heavy atom. The third kappa shape index (κ3) is 7.38. The Hall–Kier alpha value is -0.520. The van der Waals surface area contributed by atoms with Gasteiger partial charge in [0, 0.05) is 0 Å². The highest BCUT2D eigenvalue weighted by Gasteiger charge is 1.92. The highest BCUT2D eigenvalue weighted by Crippen LogP contribution is 1.96. The lowest BCUT2D eigenvalue weighted by Crippen LogP contribution is -1.98. The van der Waals surface area contributed by atoms with Crippen LogP contribution in [0.25, 0.3) is 0 Å². The van der Waals surface area contributed by atoms with Crippen LogP contribution < -0.4 is 0 Å². The van der Waals surface area contributed by atoms with Gasteiger partial charge in [-0.3, -0.25) is 0 Å². The van der Waals surface area contributed by atoms with Crippen LogP contribution in [0.1, 0.15) is 39.5 Å². The van der Waals surface area contributed by atoms with E-state index in [4.69, 9.17) is 0 Å². The van der Waals surface area contributed by atoms with E-state index in [0.29, 0.717) is 0 Å². The summed E-state index contributed by atoms with van der Waals surface area (Å²) in [6.07, 6.45) is 7.46. The Kier molecular flexibility index (Phi) is 7.23. The fraction of sp³-hybridized carbons (Fsp3) is 0.700. The van der Waals surface area contributed by atoms with Crippen LogP contribution >= 0.6 is 0 Å². The van der Waals surface area contributed by atoms with Crippen molar-refractivity contribution < 1.29 is 5.11 Å². The number of rotatable bonds is 5. The molecule has 0 saturated carbocycles. The molecule has 11 heavy (non-hydrogen) atoms. The first-order chi connectivity index (χ1) is 5.31. The predicted molar refractivity (Wildman–Crippen MR) is 48.5 cm³/mol. The van der Waals surface area contributed by atoms with Gasteiger partial charge < -0.3 is 5.11 Å². The minimum Gasteiger partial charge on any atom is -0.388 e. The molecule has 0 spiro atoms. The van der Waals surface area contributed by atoms with Crippen molar-refractivity contribution in [1.82, 2.24) is 0 Å². The largest absolute Gasteiger partial charge is 0.388 e. The van der Waals surface area contributed by atoms with Crippen molar-refractivity contribution in [1.29, 1.82) is 0 Å². The van der Waals surface area contributed by atoms with Crippen molar-refractivity contribution in [3.8, 4) is 0 Å². The van der Waals surface area contributed by atoms with Gasteiger partial charge in [-0.15, -0.1) is 5.73 Å². The topological polar surface area (TPSA) is 20.2 Å². The summed E-state index contributed by atoms with van der Waals surface area (Å²) in [5.74, 6) is 0. The van der Waals surface area contributed by atoms with E-state index >= 15 is 0 Å². The van der Waals surface area contributed by atoms with Gasteiger partial charge in [0.05, 0.1) is 6.10 Å². The molecule has 1 N–H and O–H groups in total. The van der Waals surface area contributed by atoms with Crippen LogP contribution in [-0.4, -0.2) is 11.2 Å². The zero-order chi connectivity index (χ0) is 8.53. The van der Waals surface area contributed by atoms with Gasteiger partial charge in [0.2, 0.25) is 0 Å². The lowest BCUT2D eigenvalue weighted by Gasteiger charge is -1.98. The SMILES string of the molecule is CCCC=C=CC(O)CCC. The number of hydrogen-bond donors (Lipinski definition) is 1. The zero-order valence-corrected chi connectivity index (χ0v) is 7.51. The van der Waals surface area contributed by atoms with E-state index in [1.807, 2.05) is 6.08 Å². The van der Waals surface area contributed by atoms with E-state index < -0.39 is 0 Å². The van der Waals surface area contributed by atoms with Crippen LogP contribution in [0.3, 0.4) is 0 Å². The van der Waals surface area contributed by atoms with Gasteiger partial charge in [-0.25, -0.2) is 0 Å². The average molecular weight is 154 g/mol. The highest BCUT2D eigenvalue weighted by molar-refractivity contribution is 4.89. The molecule has 0 fully saturated rings. The minimum absolute atomic E-state index is 0.298. The lowest BCUT2D eigenvalue weighted by molar-refractivity contribution is 0.212. The molecule has 0 aromatic carbocycles. The van der Waals surface area contributed by atoms with Crippen molar-refractivity contribution in [2.45, 2.75) is 45.6 Å². The molecule has 1 unspecified atom stereocenters. The van der Waals surface area contributed by atoms with Crippen molar-refractivity contribution >= 4 is 0 Å². The van der Waals surface area contributed by atoms with Crippen LogP contribution in [0, 0.1) is 0 Å². The highest BCUT2D eigenvalue weighted by atomic mass is 16.3. The average Bonchev–Trinajstić information content (AvgIpc) is 1.99. The maximum atomic E-state index is 9.21. The van der Waals surface area contributed by atoms with Gasteiger partial charge in [0.25, 0.3) is 0 Å². The van der Waals surface area contributed by atoms with E-state index in [0.717, 1.165) is 25.7 Å². The molecule has 0 aliphatic carbocycles. The molecule has 0 heterocycles. The summed E-state index contributed by atoms with van der Waals surface area (Å²) in [5, 5.41) is 9.21. The van der Waals surface area contributed by atoms with Gasteiger partial charge in [0.1, 0.15) is 0 Å². The molecule has 1 atom stereocenters. The van der Waals surface area contributed by atoms with Crippen molar-refractivity contribution in [3.05, 3.63) is 17.9 Å². The molecule has 0 saturated heterocycles. The van der Waals surface area contributed by atoms with Crippen LogP contribution in [-0.2, 0) is 0 Å². The first-order valence-electron chi connectivity index (χ1n) is 4.40. The lowest BCUT2D eigenvalue weighted by atomic mass is 10.2. The van der Waals surface area contributed by atoms with Gasteiger partial charge in [-0.2, -0.15) is 0 Å². The molecule has 64 valence electrons. The van der Waals surface area contributed by atoms with Gasteiger partial charge in [0.15, 0.2) is 0 Å². The Bertz CT molecular complexity index is 132. The summed E-state index contributed by atoms with van der Waals surface area (Å²) in [6, 6.07) is 0. The molecule has 0 aromatic heterocycles. The second-order valence-corrected chi connectivity index (χ2v) is 2.68. The third-order valence-corrected chi connectivity index (χ3v) is 1.42. The molecular formula is C10H18O. The summed E-state index contributed by atoms with van der Waals surface area (Å²) in [7, 11) is 0. The molecule has 0 aliphatic heterocycles. The summed E-state index contributed by atoms with van der Waals surface area (Å²) in [5.41, 5.74) is 2.97. The number of unbranched alkanes of at least 4 members (excludes halogenated alkanes) is 1. The quantitative estimate of drug-likeness (QED) is 0.603. The zero-order valence-electron chi connectivity index (χ0n) is 7.51. The third-order valence-electron chi connectivity index (χ3n) is 1.42. The molecule has 0 aromatic rings. The monoisotopic (exact) mass is 154 g/mol. The summed E-state index contributed by atoms with van der Waals surface area (Å²) < 4.78 is 0. The van der Waals surface area contributed by atoms with E-state index in [9.17, 15) is 5.11 Å². The number of aliphatic hydroxyl groups is 1. The second-order valence-electron chi connectivity index (χ2n) is 2.68. The number of aliphatic hydroxyl groups excluding tert-OH is 1. The molecule has 0 amide bonds. The van der Waals surface area contributed by atoms with Crippen molar-refractivity contribution in [2.75, 3.05) is 0 Å². The molecule has 0 bridgehead atoms. The first kappa shape index (κ1) is 10.5. The van der Waals surface area contributed by atoms with Crippen LogP contribution in [0.2, 0.25) is 0 Å². The normalized spacial score (nSPS) is 11.9. The van der Waals surface area contributed by atoms with Gasteiger partial charge in [-0.05, 0) is 25.0 Å². The molecular weight excluding hydrogens is 136 g/mol. The smallest absolute Gasteiger partial charge is 0.0794 e. The second kappa shape index (κ2) is 7.59. The minimum atomic E-state index is -0.298. The molecule has 1 heteroatoms. The van der Waals surface area contributed by atoms with Gasteiger partial charge >= 0.3 is 0 Å². The summed E-state index contributed by atoms with van der Waals surface area (Å²) in [6.45, 7) is 4.19. The van der Waals surface area contributed by atoms with E-state index in [1.165, 1.54) is 0 Å². The first-order valence-corrected chi connectivity index (χ1v) is 4.40. The van der Waals surface area contributed by atoms with Crippen LogP contribution in [0.5, 0.6) is 0 Å². The Balaban J connectivity index is 3.53. The maximum Gasteiger partial charge on any atom is 0.0794 e. The van der Waals surface area contributed by atoms with Crippen molar-refractivity contribution in [2.24, 2.45) is 0 Å². The maximum absolute atomic E-state index is 9.21. The fourth-order valence-corrected chi connectivity index (χ4v) is 0.786. The number of hydrogen-bond acceptors (Lipinski definition) is 1. The van der Waals surface area contributed by atoms with E-state index in [2.05, 4.69) is 19.6 Å². The Labute approximate surface area is 69.4 Å². The Morgan fingerprint density at radius 1 is 1.36 bits per heavy atom. The summed E-state index contributed by atoms with van der Waals surface area (Å²) in [4.78, 5) is 0. The standard InChI is InChI=1S/C10H18O/c1-3-5-6-7-9-10(11)8-4-2/h6,9-11H,3-5,8H2,1-2H3. The fourth-order valence-electron chi connectivity index (χ4n) is 0.786. The molecule has 0 aliphatic rings. The molecule has 0 rings (SSSR count). The molecule has 1 nitrogen and oxygen atoms in total. The van der Waals surface area contributed by atoms with Crippen LogP contribution in [0.15, 0.2) is 17.9 Å². The van der Waals surface area contributed by atoms with Crippen LogP contribution in [0.4, 0.5) is 0 Å².